The van der Waals surface area contributed by atoms with Gasteiger partial charge in [0.05, 0.1) is 0 Å². The van der Waals surface area contributed by atoms with Crippen LogP contribution in [0.3, 0.4) is 0 Å². The Kier molecular flexibility index (Phi) is 2.47. The van der Waals surface area contributed by atoms with E-state index in [4.69, 9.17) is 0 Å². The van der Waals surface area contributed by atoms with E-state index in [0.29, 0.717) is 22.5 Å². The number of carbonyl (C=O) groups is 1. The maximum absolute atomic E-state index is 12.2. The molecular weight excluding hydrogens is 256 g/mol. The van der Waals surface area contributed by atoms with Crippen LogP contribution in [0.2, 0.25) is 0 Å². The van der Waals surface area contributed by atoms with E-state index < -0.39 is 0 Å². The standard InChI is InChI=1S/C20H30O/c1-19-8-3-4-15(19)13-6-5-12-10-18(21)14-11-17(14)20(12,2)16(13)7-9-19/h12-17H,3-11H2,1-2H3/t12-,13-,14+,15-,16-,17-,19-,20-/m0/s1. The van der Waals surface area contributed by atoms with Gasteiger partial charge in [0.2, 0.25) is 0 Å². The first-order valence-electron chi connectivity index (χ1n) is 9.57. The molecular formula is C20H30O. The number of Topliss-reactive ketones (excluding diaryl/α,β-unsaturated/α-hetero) is 1. The van der Waals surface area contributed by atoms with E-state index in [9.17, 15) is 4.79 Å². The van der Waals surface area contributed by atoms with E-state index in [0.717, 1.165) is 36.0 Å². The van der Waals surface area contributed by atoms with Crippen LogP contribution in [0, 0.1) is 46.3 Å². The van der Waals surface area contributed by atoms with Gasteiger partial charge in [-0.3, -0.25) is 4.79 Å². The zero-order valence-corrected chi connectivity index (χ0v) is 13.7. The molecule has 1 nitrogen and oxygen atoms in total. The van der Waals surface area contributed by atoms with Crippen LogP contribution in [0.5, 0.6) is 0 Å². The molecule has 0 heterocycles. The predicted octanol–water partition coefficient (Wildman–Crippen LogP) is 4.84. The maximum atomic E-state index is 12.2. The number of hydrogen-bond acceptors (Lipinski definition) is 1. The zero-order valence-electron chi connectivity index (χ0n) is 13.7. The highest BCUT2D eigenvalue weighted by atomic mass is 16.1. The molecule has 0 aliphatic heterocycles. The van der Waals surface area contributed by atoms with E-state index in [1.54, 1.807) is 0 Å². The Hall–Kier alpha value is -0.330. The van der Waals surface area contributed by atoms with Crippen LogP contribution in [-0.2, 0) is 4.79 Å². The van der Waals surface area contributed by atoms with Gasteiger partial charge in [0.25, 0.3) is 0 Å². The summed E-state index contributed by atoms with van der Waals surface area (Å²) in [5, 5.41) is 0. The summed E-state index contributed by atoms with van der Waals surface area (Å²) in [7, 11) is 0. The summed E-state index contributed by atoms with van der Waals surface area (Å²) in [6.07, 6.45) is 12.4. The molecule has 0 N–H and O–H groups in total. The number of hydrogen-bond donors (Lipinski definition) is 0. The third kappa shape index (κ3) is 1.51. The van der Waals surface area contributed by atoms with Crippen molar-refractivity contribution >= 4 is 5.78 Å². The van der Waals surface area contributed by atoms with Crippen LogP contribution in [0.15, 0.2) is 0 Å². The molecule has 5 fully saturated rings. The molecule has 0 saturated heterocycles. The van der Waals surface area contributed by atoms with Crippen molar-refractivity contribution in [3.05, 3.63) is 0 Å². The molecule has 116 valence electrons. The second-order valence-electron chi connectivity index (χ2n) is 9.72. The first-order valence-corrected chi connectivity index (χ1v) is 9.57. The second kappa shape index (κ2) is 3.95. The lowest BCUT2D eigenvalue weighted by atomic mass is 9.45. The molecule has 0 aromatic rings. The van der Waals surface area contributed by atoms with Gasteiger partial charge in [0.1, 0.15) is 5.78 Å². The summed E-state index contributed by atoms with van der Waals surface area (Å²) in [5.41, 5.74) is 1.21. The summed E-state index contributed by atoms with van der Waals surface area (Å²) in [4.78, 5) is 12.2. The minimum atomic E-state index is 0.488. The Labute approximate surface area is 129 Å². The molecule has 21 heavy (non-hydrogen) atoms. The molecule has 5 saturated carbocycles. The van der Waals surface area contributed by atoms with E-state index in [1.165, 1.54) is 51.4 Å². The molecule has 5 aliphatic carbocycles. The van der Waals surface area contributed by atoms with Crippen LogP contribution in [-0.4, -0.2) is 5.78 Å². The molecule has 0 radical (unpaired) electrons. The molecule has 0 aromatic carbocycles. The minimum Gasteiger partial charge on any atom is -0.299 e. The molecule has 5 rings (SSSR count). The maximum Gasteiger partial charge on any atom is 0.136 e. The van der Waals surface area contributed by atoms with E-state index in [1.807, 2.05) is 0 Å². The fourth-order valence-electron chi connectivity index (χ4n) is 7.99. The molecule has 5 aliphatic rings. The first-order chi connectivity index (χ1) is 10.0. The van der Waals surface area contributed by atoms with Gasteiger partial charge in [0, 0.05) is 12.3 Å². The third-order valence-electron chi connectivity index (χ3n) is 9.20. The molecule has 8 atom stereocenters. The van der Waals surface area contributed by atoms with Crippen molar-refractivity contribution in [2.45, 2.75) is 71.6 Å². The van der Waals surface area contributed by atoms with Crippen molar-refractivity contribution in [2.75, 3.05) is 0 Å². The highest BCUT2D eigenvalue weighted by Gasteiger charge is 2.67. The Morgan fingerprint density at radius 3 is 2.67 bits per heavy atom. The third-order valence-corrected chi connectivity index (χ3v) is 9.20. The largest absolute Gasteiger partial charge is 0.299 e. The molecule has 0 aromatic heterocycles. The van der Waals surface area contributed by atoms with Crippen molar-refractivity contribution in [3.63, 3.8) is 0 Å². The highest BCUT2D eigenvalue weighted by molar-refractivity contribution is 5.85. The van der Waals surface area contributed by atoms with Crippen LogP contribution in [0.25, 0.3) is 0 Å². The van der Waals surface area contributed by atoms with E-state index in [-0.39, 0.29) is 0 Å². The molecule has 0 amide bonds. The molecule has 0 spiro atoms. The fourth-order valence-corrected chi connectivity index (χ4v) is 7.99. The molecule has 0 unspecified atom stereocenters. The number of carbonyl (C=O) groups excluding carboxylic acids is 1. The Balaban J connectivity index is 1.51. The predicted molar refractivity (Wildman–Crippen MR) is 83.7 cm³/mol. The van der Waals surface area contributed by atoms with Crippen LogP contribution >= 0.6 is 0 Å². The van der Waals surface area contributed by atoms with Gasteiger partial charge in [-0.2, -0.15) is 0 Å². The van der Waals surface area contributed by atoms with Crippen molar-refractivity contribution in [2.24, 2.45) is 46.3 Å². The lowest BCUT2D eigenvalue weighted by molar-refractivity contribution is -0.140. The van der Waals surface area contributed by atoms with Gasteiger partial charge in [-0.1, -0.05) is 20.3 Å². The van der Waals surface area contributed by atoms with Crippen molar-refractivity contribution in [3.8, 4) is 0 Å². The SMILES string of the molecule is C[C@@]12CCC[C@H]1[C@@H]1CC[C@H]3CC(=O)[C@@H]4C[C@@H]4[C@]3(C)[C@H]1CC2. The average molecular weight is 286 g/mol. The summed E-state index contributed by atoms with van der Waals surface area (Å²) in [6.45, 7) is 5.21. The Bertz CT molecular complexity index is 496. The Morgan fingerprint density at radius 1 is 0.952 bits per heavy atom. The topological polar surface area (TPSA) is 17.1 Å². The summed E-state index contributed by atoms with van der Waals surface area (Å²) < 4.78 is 0. The van der Waals surface area contributed by atoms with Crippen LogP contribution in [0.1, 0.15) is 71.6 Å². The summed E-state index contributed by atoms with van der Waals surface area (Å²) in [5.74, 6) is 5.61. The van der Waals surface area contributed by atoms with E-state index >= 15 is 0 Å². The number of rotatable bonds is 0. The summed E-state index contributed by atoms with van der Waals surface area (Å²) >= 11 is 0. The summed E-state index contributed by atoms with van der Waals surface area (Å²) in [6, 6.07) is 0. The van der Waals surface area contributed by atoms with Gasteiger partial charge in [-0.25, -0.2) is 0 Å². The normalized spacial score (nSPS) is 61.5. The first kappa shape index (κ1) is 13.1. The number of fused-ring (bicyclic) bond motifs is 7. The van der Waals surface area contributed by atoms with Gasteiger partial charge in [-0.05, 0) is 85.4 Å². The monoisotopic (exact) mass is 286 g/mol. The molecule has 0 bridgehead atoms. The lowest BCUT2D eigenvalue weighted by Gasteiger charge is -2.60. The van der Waals surface area contributed by atoms with E-state index in [2.05, 4.69) is 13.8 Å². The van der Waals surface area contributed by atoms with Crippen molar-refractivity contribution < 1.29 is 4.79 Å². The smallest absolute Gasteiger partial charge is 0.136 e. The zero-order chi connectivity index (χ0) is 14.4. The fraction of sp³-hybridized carbons (Fsp3) is 0.950. The van der Waals surface area contributed by atoms with Crippen LogP contribution in [0.4, 0.5) is 0 Å². The average Bonchev–Trinajstić information content (AvgIpc) is 3.17. The highest BCUT2D eigenvalue weighted by Crippen LogP contribution is 2.72. The Morgan fingerprint density at radius 2 is 1.81 bits per heavy atom. The van der Waals surface area contributed by atoms with Gasteiger partial charge in [0.15, 0.2) is 0 Å². The quantitative estimate of drug-likeness (QED) is 0.622. The second-order valence-corrected chi connectivity index (χ2v) is 9.72. The van der Waals surface area contributed by atoms with Crippen molar-refractivity contribution in [1.29, 1.82) is 0 Å². The van der Waals surface area contributed by atoms with Gasteiger partial charge >= 0.3 is 0 Å². The van der Waals surface area contributed by atoms with Gasteiger partial charge < -0.3 is 0 Å². The van der Waals surface area contributed by atoms with Crippen LogP contribution < -0.4 is 0 Å². The van der Waals surface area contributed by atoms with Crippen molar-refractivity contribution in [1.82, 2.24) is 0 Å². The lowest BCUT2D eigenvalue weighted by Crippen LogP contribution is -2.54. The minimum absolute atomic E-state index is 0.488. The number of ketones is 1. The molecule has 1 heteroatoms. The van der Waals surface area contributed by atoms with Gasteiger partial charge in [-0.15, -0.1) is 0 Å².